The van der Waals surface area contributed by atoms with Crippen LogP contribution in [0.15, 0.2) is 48.5 Å². The number of halogens is 1. The van der Waals surface area contributed by atoms with Crippen LogP contribution in [0.2, 0.25) is 5.02 Å². The van der Waals surface area contributed by atoms with Crippen LogP contribution in [0, 0.1) is 0 Å². The molecular weight excluding hydrogens is 298 g/mol. The number of hydrogen-bond acceptors (Lipinski definition) is 2. The van der Waals surface area contributed by atoms with Crippen LogP contribution in [0.3, 0.4) is 0 Å². The molecule has 2 rings (SSSR count). The summed E-state index contributed by atoms with van der Waals surface area (Å²) in [4.78, 5) is 13.9. The van der Waals surface area contributed by atoms with Gasteiger partial charge in [0.1, 0.15) is 12.4 Å². The molecule has 0 N–H and O–H groups in total. The lowest BCUT2D eigenvalue weighted by Crippen LogP contribution is -2.30. The number of carbonyl (C=O) groups excluding carboxylic acids is 1. The van der Waals surface area contributed by atoms with Crippen LogP contribution in [0.5, 0.6) is 5.75 Å². The van der Waals surface area contributed by atoms with Gasteiger partial charge in [-0.2, -0.15) is 0 Å². The Labute approximate surface area is 136 Å². The van der Waals surface area contributed by atoms with Gasteiger partial charge in [-0.05, 0) is 42.3 Å². The topological polar surface area (TPSA) is 29.5 Å². The minimum atomic E-state index is -0.00246. The maximum absolute atomic E-state index is 12.3. The molecule has 4 heteroatoms. The van der Waals surface area contributed by atoms with Gasteiger partial charge in [0.15, 0.2) is 0 Å². The van der Waals surface area contributed by atoms with Crippen molar-refractivity contribution in [2.45, 2.75) is 13.3 Å². The molecule has 2 aromatic carbocycles. The summed E-state index contributed by atoms with van der Waals surface area (Å²) >= 11 is 5.90. The lowest BCUT2D eigenvalue weighted by molar-refractivity contribution is 0.0774. The Hall–Kier alpha value is -2.00. The summed E-state index contributed by atoms with van der Waals surface area (Å²) in [7, 11) is 1.78. The third-order valence-corrected chi connectivity index (χ3v) is 3.68. The Morgan fingerprint density at radius 2 is 1.91 bits per heavy atom. The maximum Gasteiger partial charge on any atom is 0.253 e. The van der Waals surface area contributed by atoms with Crippen molar-refractivity contribution < 1.29 is 9.53 Å². The fourth-order valence-corrected chi connectivity index (χ4v) is 2.24. The van der Waals surface area contributed by atoms with Gasteiger partial charge in [-0.25, -0.2) is 0 Å². The molecule has 0 fully saturated rings. The van der Waals surface area contributed by atoms with Gasteiger partial charge >= 0.3 is 0 Å². The van der Waals surface area contributed by atoms with Gasteiger partial charge in [0.25, 0.3) is 5.91 Å². The molecule has 0 aliphatic rings. The standard InChI is InChI=1S/C18H20ClNO2/c1-3-14-7-9-15(10-8-14)18(21)20(2)11-12-22-17-6-4-5-16(19)13-17/h4-10,13H,3,11-12H2,1-2H3. The summed E-state index contributed by atoms with van der Waals surface area (Å²) in [5.41, 5.74) is 1.92. The van der Waals surface area contributed by atoms with E-state index >= 15 is 0 Å². The lowest BCUT2D eigenvalue weighted by Gasteiger charge is -2.17. The van der Waals surface area contributed by atoms with E-state index < -0.39 is 0 Å². The van der Waals surface area contributed by atoms with Gasteiger partial charge in [0, 0.05) is 17.6 Å². The normalized spacial score (nSPS) is 10.3. The molecular formula is C18H20ClNO2. The summed E-state index contributed by atoms with van der Waals surface area (Å²) in [5.74, 6) is 0.706. The highest BCUT2D eigenvalue weighted by Gasteiger charge is 2.11. The molecule has 0 radical (unpaired) electrons. The van der Waals surface area contributed by atoms with Crippen LogP contribution in [-0.4, -0.2) is 31.0 Å². The number of nitrogens with zero attached hydrogens (tertiary/aromatic N) is 1. The molecule has 0 aliphatic carbocycles. The van der Waals surface area contributed by atoms with Crippen LogP contribution in [0.4, 0.5) is 0 Å². The number of hydrogen-bond donors (Lipinski definition) is 0. The van der Waals surface area contributed by atoms with Gasteiger partial charge in [-0.15, -0.1) is 0 Å². The smallest absolute Gasteiger partial charge is 0.253 e. The summed E-state index contributed by atoms with van der Waals surface area (Å²) < 4.78 is 5.60. The molecule has 0 aromatic heterocycles. The third-order valence-electron chi connectivity index (χ3n) is 3.45. The largest absolute Gasteiger partial charge is 0.492 e. The van der Waals surface area contributed by atoms with Crippen molar-refractivity contribution in [1.29, 1.82) is 0 Å². The Balaban J connectivity index is 1.85. The van der Waals surface area contributed by atoms with Gasteiger partial charge < -0.3 is 9.64 Å². The predicted octanol–water partition coefficient (Wildman–Crippen LogP) is 4.05. The molecule has 2 aromatic rings. The molecule has 0 unspecified atom stereocenters. The number of aryl methyl sites for hydroxylation is 1. The average Bonchev–Trinajstić information content (AvgIpc) is 2.54. The molecule has 0 spiro atoms. The summed E-state index contributed by atoms with van der Waals surface area (Å²) in [6, 6.07) is 15.0. The molecule has 0 saturated carbocycles. The molecule has 0 saturated heterocycles. The number of rotatable bonds is 6. The number of amides is 1. The van der Waals surface area contributed by atoms with Crippen molar-refractivity contribution in [1.82, 2.24) is 4.90 Å². The summed E-state index contributed by atoms with van der Waals surface area (Å²) in [5, 5.41) is 0.637. The maximum atomic E-state index is 12.3. The van der Waals surface area contributed by atoms with Gasteiger partial charge in [-0.3, -0.25) is 4.79 Å². The molecule has 0 bridgehead atoms. The zero-order valence-corrected chi connectivity index (χ0v) is 13.6. The second-order valence-corrected chi connectivity index (χ2v) is 5.52. The number of ether oxygens (including phenoxy) is 1. The number of likely N-dealkylation sites (N-methyl/N-ethyl adjacent to an activating group) is 1. The molecule has 0 aliphatic heterocycles. The number of carbonyl (C=O) groups is 1. The molecule has 116 valence electrons. The molecule has 3 nitrogen and oxygen atoms in total. The van der Waals surface area contributed by atoms with Crippen molar-refractivity contribution >= 4 is 17.5 Å². The second kappa shape index (κ2) is 7.85. The van der Waals surface area contributed by atoms with Crippen molar-refractivity contribution in [3.63, 3.8) is 0 Å². The number of benzene rings is 2. The van der Waals surface area contributed by atoms with E-state index in [0.29, 0.717) is 29.5 Å². The Morgan fingerprint density at radius 3 is 2.55 bits per heavy atom. The first kappa shape index (κ1) is 16.4. The molecule has 1 amide bonds. The van der Waals surface area contributed by atoms with E-state index in [1.807, 2.05) is 36.4 Å². The Bertz CT molecular complexity index is 625. The molecule has 0 heterocycles. The monoisotopic (exact) mass is 317 g/mol. The van der Waals surface area contributed by atoms with Gasteiger partial charge in [-0.1, -0.05) is 36.7 Å². The van der Waals surface area contributed by atoms with E-state index in [9.17, 15) is 4.79 Å². The lowest BCUT2D eigenvalue weighted by atomic mass is 10.1. The van der Waals surface area contributed by atoms with E-state index in [-0.39, 0.29) is 5.91 Å². The highest BCUT2D eigenvalue weighted by Crippen LogP contribution is 2.17. The quantitative estimate of drug-likeness (QED) is 0.804. The van der Waals surface area contributed by atoms with Gasteiger partial charge in [0.2, 0.25) is 0 Å². The third kappa shape index (κ3) is 4.50. The Kier molecular flexibility index (Phi) is 5.84. The fraction of sp³-hybridized carbons (Fsp3) is 0.278. The SMILES string of the molecule is CCc1ccc(C(=O)N(C)CCOc2cccc(Cl)c2)cc1. The van der Waals surface area contributed by atoms with Crippen LogP contribution >= 0.6 is 11.6 Å². The van der Waals surface area contributed by atoms with E-state index in [2.05, 4.69) is 6.92 Å². The summed E-state index contributed by atoms with van der Waals surface area (Å²) in [6.45, 7) is 3.03. The minimum Gasteiger partial charge on any atom is -0.492 e. The first-order valence-corrected chi connectivity index (χ1v) is 7.70. The average molecular weight is 318 g/mol. The van der Waals surface area contributed by atoms with Crippen molar-refractivity contribution in [2.75, 3.05) is 20.2 Å². The van der Waals surface area contributed by atoms with Crippen molar-refractivity contribution in [3.8, 4) is 5.75 Å². The van der Waals surface area contributed by atoms with Crippen LogP contribution in [0.25, 0.3) is 0 Å². The predicted molar refractivity (Wildman–Crippen MR) is 89.7 cm³/mol. The second-order valence-electron chi connectivity index (χ2n) is 5.08. The summed E-state index contributed by atoms with van der Waals surface area (Å²) in [6.07, 6.45) is 0.970. The zero-order valence-electron chi connectivity index (χ0n) is 12.9. The van der Waals surface area contributed by atoms with E-state index in [4.69, 9.17) is 16.3 Å². The molecule has 22 heavy (non-hydrogen) atoms. The minimum absolute atomic E-state index is 0.00246. The zero-order chi connectivity index (χ0) is 15.9. The highest BCUT2D eigenvalue weighted by atomic mass is 35.5. The van der Waals surface area contributed by atoms with Crippen LogP contribution in [-0.2, 0) is 6.42 Å². The van der Waals surface area contributed by atoms with Crippen molar-refractivity contribution in [2.24, 2.45) is 0 Å². The molecule has 0 atom stereocenters. The fourth-order valence-electron chi connectivity index (χ4n) is 2.06. The Morgan fingerprint density at radius 1 is 1.18 bits per heavy atom. The van der Waals surface area contributed by atoms with Crippen LogP contribution in [0.1, 0.15) is 22.8 Å². The van der Waals surface area contributed by atoms with Crippen LogP contribution < -0.4 is 4.74 Å². The van der Waals surface area contributed by atoms with E-state index in [1.54, 1.807) is 24.1 Å². The van der Waals surface area contributed by atoms with E-state index in [1.165, 1.54) is 5.56 Å². The van der Waals surface area contributed by atoms with Crippen molar-refractivity contribution in [3.05, 3.63) is 64.7 Å². The first-order chi connectivity index (χ1) is 10.6. The van der Waals surface area contributed by atoms with E-state index in [0.717, 1.165) is 6.42 Å². The van der Waals surface area contributed by atoms with Gasteiger partial charge in [0.05, 0.1) is 6.54 Å². The first-order valence-electron chi connectivity index (χ1n) is 7.33. The highest BCUT2D eigenvalue weighted by molar-refractivity contribution is 6.30.